The quantitative estimate of drug-likeness (QED) is 0.552. The Hall–Kier alpha value is 0.310. The summed E-state index contributed by atoms with van der Waals surface area (Å²) in [6, 6.07) is 0. The lowest BCUT2D eigenvalue weighted by atomic mass is 9.84. The molecule has 0 aromatic heterocycles. The van der Waals surface area contributed by atoms with Crippen LogP contribution < -0.4 is 5.32 Å². The molecule has 1 nitrogen and oxygen atoms in total. The van der Waals surface area contributed by atoms with Crippen LogP contribution in [0.2, 0.25) is 0 Å². The van der Waals surface area contributed by atoms with Crippen molar-refractivity contribution in [3.63, 3.8) is 0 Å². The fourth-order valence-electron chi connectivity index (χ4n) is 2.86. The van der Waals surface area contributed by atoms with Crippen LogP contribution in [-0.2, 0) is 0 Å². The minimum absolute atomic E-state index is 0.958. The van der Waals surface area contributed by atoms with Crippen molar-refractivity contribution in [3.8, 4) is 0 Å². The van der Waals surface area contributed by atoms with Crippen molar-refractivity contribution in [1.29, 1.82) is 0 Å². The molecule has 90 valence electrons. The molecule has 0 heterocycles. The van der Waals surface area contributed by atoms with Gasteiger partial charge in [0.25, 0.3) is 0 Å². The van der Waals surface area contributed by atoms with E-state index < -0.39 is 0 Å². The van der Waals surface area contributed by atoms with Crippen LogP contribution in [0.4, 0.5) is 0 Å². The summed E-state index contributed by atoms with van der Waals surface area (Å²) in [5.41, 5.74) is 0. The molecule has 1 saturated carbocycles. The topological polar surface area (TPSA) is 12.0 Å². The highest BCUT2D eigenvalue weighted by atomic mass is 32.2. The molecule has 0 aromatic carbocycles. The van der Waals surface area contributed by atoms with Crippen LogP contribution in [0.3, 0.4) is 0 Å². The number of rotatable bonds is 6. The molecule has 15 heavy (non-hydrogen) atoms. The van der Waals surface area contributed by atoms with Gasteiger partial charge in [-0.3, -0.25) is 0 Å². The van der Waals surface area contributed by atoms with E-state index in [2.05, 4.69) is 18.6 Å². The zero-order valence-electron chi connectivity index (χ0n) is 10.4. The fraction of sp³-hybridized carbons (Fsp3) is 1.00. The van der Waals surface area contributed by atoms with Gasteiger partial charge in [-0.1, -0.05) is 25.7 Å². The van der Waals surface area contributed by atoms with Gasteiger partial charge in [-0.15, -0.1) is 0 Å². The van der Waals surface area contributed by atoms with Crippen molar-refractivity contribution >= 4 is 11.8 Å². The number of hydrogen-bond donors (Lipinski definition) is 1. The van der Waals surface area contributed by atoms with Crippen molar-refractivity contribution in [1.82, 2.24) is 5.32 Å². The van der Waals surface area contributed by atoms with E-state index in [1.54, 1.807) is 0 Å². The van der Waals surface area contributed by atoms with Crippen molar-refractivity contribution < 1.29 is 0 Å². The third-order valence-electron chi connectivity index (χ3n) is 3.71. The maximum atomic E-state index is 3.38. The second kappa shape index (κ2) is 8.46. The molecule has 0 amide bonds. The van der Waals surface area contributed by atoms with Crippen LogP contribution in [0.5, 0.6) is 0 Å². The Morgan fingerprint density at radius 3 is 2.53 bits per heavy atom. The Labute approximate surface area is 99.8 Å². The highest BCUT2D eigenvalue weighted by Crippen LogP contribution is 2.31. The highest BCUT2D eigenvalue weighted by molar-refractivity contribution is 7.98. The van der Waals surface area contributed by atoms with Gasteiger partial charge in [0, 0.05) is 0 Å². The van der Waals surface area contributed by atoms with Gasteiger partial charge in [0.15, 0.2) is 0 Å². The summed E-state index contributed by atoms with van der Waals surface area (Å²) in [5.74, 6) is 3.31. The zero-order chi connectivity index (χ0) is 10.9. The molecule has 0 radical (unpaired) electrons. The third kappa shape index (κ3) is 5.26. The summed E-state index contributed by atoms with van der Waals surface area (Å²) < 4.78 is 0. The van der Waals surface area contributed by atoms with Gasteiger partial charge in [0.1, 0.15) is 0 Å². The van der Waals surface area contributed by atoms with Gasteiger partial charge in [-0.25, -0.2) is 0 Å². The van der Waals surface area contributed by atoms with Gasteiger partial charge in [-0.05, 0) is 56.7 Å². The van der Waals surface area contributed by atoms with Crippen molar-refractivity contribution in [2.45, 2.75) is 44.9 Å². The number of hydrogen-bond acceptors (Lipinski definition) is 2. The maximum absolute atomic E-state index is 3.38. The van der Waals surface area contributed by atoms with E-state index in [-0.39, 0.29) is 0 Å². The Morgan fingerprint density at radius 2 is 1.87 bits per heavy atom. The Morgan fingerprint density at radius 1 is 1.13 bits per heavy atom. The molecule has 1 aliphatic carbocycles. The van der Waals surface area contributed by atoms with Crippen LogP contribution in [0.25, 0.3) is 0 Å². The molecule has 2 unspecified atom stereocenters. The minimum atomic E-state index is 0.958. The predicted molar refractivity (Wildman–Crippen MR) is 71.6 cm³/mol. The molecular weight excluding hydrogens is 202 g/mol. The lowest BCUT2D eigenvalue weighted by Crippen LogP contribution is -2.25. The normalized spacial score (nSPS) is 27.6. The van der Waals surface area contributed by atoms with Crippen molar-refractivity contribution in [2.24, 2.45) is 11.8 Å². The van der Waals surface area contributed by atoms with Crippen LogP contribution in [0, 0.1) is 11.8 Å². The summed E-state index contributed by atoms with van der Waals surface area (Å²) in [6.07, 6.45) is 12.5. The second-order valence-electron chi connectivity index (χ2n) is 4.85. The van der Waals surface area contributed by atoms with Gasteiger partial charge >= 0.3 is 0 Å². The largest absolute Gasteiger partial charge is 0.319 e. The SMILES string of the molecule is CNCC1CCCCCC1CCCSC. The molecule has 0 bridgehead atoms. The molecule has 0 aromatic rings. The maximum Gasteiger partial charge on any atom is -0.00209 e. The fourth-order valence-corrected chi connectivity index (χ4v) is 3.32. The molecule has 2 heteroatoms. The first-order valence-corrected chi connectivity index (χ1v) is 7.91. The van der Waals surface area contributed by atoms with Gasteiger partial charge in [-0.2, -0.15) is 11.8 Å². The lowest BCUT2D eigenvalue weighted by Gasteiger charge is -2.24. The van der Waals surface area contributed by atoms with Crippen molar-refractivity contribution in [2.75, 3.05) is 25.6 Å². The van der Waals surface area contributed by atoms with E-state index in [1.807, 2.05) is 11.8 Å². The average Bonchev–Trinajstić information content (AvgIpc) is 2.45. The van der Waals surface area contributed by atoms with E-state index in [1.165, 1.54) is 57.2 Å². The number of nitrogens with one attached hydrogen (secondary N) is 1. The van der Waals surface area contributed by atoms with E-state index in [0.29, 0.717) is 0 Å². The summed E-state index contributed by atoms with van der Waals surface area (Å²) in [7, 11) is 2.10. The number of thioether (sulfide) groups is 1. The summed E-state index contributed by atoms with van der Waals surface area (Å²) in [5, 5.41) is 3.38. The van der Waals surface area contributed by atoms with E-state index in [0.717, 1.165) is 11.8 Å². The van der Waals surface area contributed by atoms with Gasteiger partial charge in [0.05, 0.1) is 0 Å². The second-order valence-corrected chi connectivity index (χ2v) is 5.84. The average molecular weight is 229 g/mol. The molecule has 0 spiro atoms. The Balaban J connectivity index is 2.32. The van der Waals surface area contributed by atoms with E-state index in [9.17, 15) is 0 Å². The highest BCUT2D eigenvalue weighted by Gasteiger charge is 2.22. The van der Waals surface area contributed by atoms with Crippen LogP contribution in [-0.4, -0.2) is 25.6 Å². The first-order chi connectivity index (χ1) is 7.38. The molecule has 1 aliphatic rings. The van der Waals surface area contributed by atoms with Crippen LogP contribution in [0.15, 0.2) is 0 Å². The van der Waals surface area contributed by atoms with Gasteiger partial charge < -0.3 is 5.32 Å². The summed E-state index contributed by atoms with van der Waals surface area (Å²) in [6.45, 7) is 1.24. The molecule has 1 fully saturated rings. The molecule has 1 rings (SSSR count). The monoisotopic (exact) mass is 229 g/mol. The smallest absolute Gasteiger partial charge is 0.00209 e. The summed E-state index contributed by atoms with van der Waals surface area (Å²) in [4.78, 5) is 0. The molecule has 2 atom stereocenters. The molecule has 1 N–H and O–H groups in total. The van der Waals surface area contributed by atoms with E-state index >= 15 is 0 Å². The van der Waals surface area contributed by atoms with Crippen LogP contribution >= 0.6 is 11.8 Å². The minimum Gasteiger partial charge on any atom is -0.319 e. The zero-order valence-corrected chi connectivity index (χ0v) is 11.2. The van der Waals surface area contributed by atoms with Crippen LogP contribution in [0.1, 0.15) is 44.9 Å². The molecule has 0 saturated heterocycles. The van der Waals surface area contributed by atoms with Gasteiger partial charge in [0.2, 0.25) is 0 Å². The molecule has 0 aliphatic heterocycles. The standard InChI is InChI=1S/C13H27NS/c1-14-11-13-8-5-3-4-7-12(13)9-6-10-15-2/h12-14H,3-11H2,1-2H3. The first kappa shape index (κ1) is 13.4. The third-order valence-corrected chi connectivity index (χ3v) is 4.40. The summed E-state index contributed by atoms with van der Waals surface area (Å²) >= 11 is 1.99. The first-order valence-electron chi connectivity index (χ1n) is 6.52. The van der Waals surface area contributed by atoms with Crippen molar-refractivity contribution in [3.05, 3.63) is 0 Å². The Bertz CT molecular complexity index is 149. The lowest BCUT2D eigenvalue weighted by molar-refractivity contribution is 0.287. The Kier molecular flexibility index (Phi) is 7.54. The molecular formula is C13H27NS. The van der Waals surface area contributed by atoms with E-state index in [4.69, 9.17) is 0 Å². The predicted octanol–water partition coefficient (Wildman–Crippen LogP) is 3.55.